The zero-order chi connectivity index (χ0) is 18.1. The maximum absolute atomic E-state index is 12.7. The first kappa shape index (κ1) is 16.5. The number of nitrogens with zero attached hydrogens (tertiary/aromatic N) is 2. The summed E-state index contributed by atoms with van der Waals surface area (Å²) in [5, 5.41) is 10.4. The van der Waals surface area contributed by atoms with Crippen molar-refractivity contribution in [1.29, 1.82) is 0 Å². The number of benzene rings is 2. The topological polar surface area (TPSA) is 56.9 Å². The van der Waals surface area contributed by atoms with Crippen LogP contribution in [0.15, 0.2) is 53.1 Å². The van der Waals surface area contributed by atoms with Gasteiger partial charge in [-0.15, -0.1) is 0 Å². The molecular formula is C21H22N2O3. The van der Waals surface area contributed by atoms with Crippen molar-refractivity contribution < 1.29 is 14.3 Å². The van der Waals surface area contributed by atoms with Gasteiger partial charge in [0.05, 0.1) is 12.7 Å². The van der Waals surface area contributed by atoms with Crippen molar-refractivity contribution in [2.75, 3.05) is 31.1 Å². The van der Waals surface area contributed by atoms with E-state index in [-0.39, 0.29) is 11.7 Å². The van der Waals surface area contributed by atoms with Crippen LogP contribution < -0.4 is 4.90 Å². The average Bonchev–Trinajstić information content (AvgIpc) is 3.04. The number of aryl methyl sites for hydroxylation is 1. The SMILES string of the molecule is Cc1ccc2c(CC(=O)N3CCN(c4ccc(O)cc4)CC3)coc2c1. The fourth-order valence-corrected chi connectivity index (χ4v) is 3.48. The summed E-state index contributed by atoms with van der Waals surface area (Å²) in [7, 11) is 0. The molecule has 1 aromatic heterocycles. The largest absolute Gasteiger partial charge is 0.508 e. The van der Waals surface area contributed by atoms with E-state index in [0.717, 1.165) is 40.9 Å². The lowest BCUT2D eigenvalue weighted by molar-refractivity contribution is -0.130. The van der Waals surface area contributed by atoms with Gasteiger partial charge in [-0.25, -0.2) is 0 Å². The summed E-state index contributed by atoms with van der Waals surface area (Å²) in [6, 6.07) is 13.3. The van der Waals surface area contributed by atoms with Gasteiger partial charge in [0.1, 0.15) is 11.3 Å². The molecule has 0 saturated carbocycles. The Morgan fingerprint density at radius 3 is 2.54 bits per heavy atom. The lowest BCUT2D eigenvalue weighted by Gasteiger charge is -2.36. The second-order valence-corrected chi connectivity index (χ2v) is 6.82. The summed E-state index contributed by atoms with van der Waals surface area (Å²) >= 11 is 0. The Morgan fingerprint density at radius 2 is 1.81 bits per heavy atom. The van der Waals surface area contributed by atoms with Crippen LogP contribution in [0.25, 0.3) is 11.0 Å². The molecule has 0 spiro atoms. The Labute approximate surface area is 152 Å². The fraction of sp³-hybridized carbons (Fsp3) is 0.286. The Morgan fingerprint density at radius 1 is 1.08 bits per heavy atom. The molecule has 2 aromatic carbocycles. The fourth-order valence-electron chi connectivity index (χ4n) is 3.48. The number of carbonyl (C=O) groups is 1. The maximum atomic E-state index is 12.7. The number of carbonyl (C=O) groups excluding carboxylic acids is 1. The summed E-state index contributed by atoms with van der Waals surface area (Å²) in [5.41, 5.74) is 4.01. The number of furan rings is 1. The quantitative estimate of drug-likeness (QED) is 0.787. The van der Waals surface area contributed by atoms with Gasteiger partial charge in [0.2, 0.25) is 5.91 Å². The Hall–Kier alpha value is -2.95. The molecule has 0 unspecified atom stereocenters. The first-order valence-electron chi connectivity index (χ1n) is 8.88. The van der Waals surface area contributed by atoms with E-state index in [2.05, 4.69) is 4.90 Å². The minimum atomic E-state index is 0.138. The Balaban J connectivity index is 1.39. The minimum absolute atomic E-state index is 0.138. The van der Waals surface area contributed by atoms with Gasteiger partial charge in [-0.1, -0.05) is 12.1 Å². The monoisotopic (exact) mass is 350 g/mol. The van der Waals surface area contributed by atoms with Gasteiger partial charge in [0.15, 0.2) is 0 Å². The molecule has 1 fully saturated rings. The van der Waals surface area contributed by atoms with Gasteiger partial charge in [-0.2, -0.15) is 0 Å². The predicted octanol–water partition coefficient (Wildman–Crippen LogP) is 3.34. The van der Waals surface area contributed by atoms with E-state index < -0.39 is 0 Å². The summed E-state index contributed by atoms with van der Waals surface area (Å²) in [4.78, 5) is 16.9. The molecule has 1 aliphatic heterocycles. The van der Waals surface area contributed by atoms with Gasteiger partial charge in [-0.05, 0) is 42.8 Å². The van der Waals surface area contributed by atoms with E-state index in [1.807, 2.05) is 42.2 Å². The van der Waals surface area contributed by atoms with Crippen LogP contribution in [-0.4, -0.2) is 42.1 Å². The number of aromatic hydroxyl groups is 1. The van der Waals surface area contributed by atoms with Gasteiger partial charge >= 0.3 is 0 Å². The number of rotatable bonds is 3. The molecule has 26 heavy (non-hydrogen) atoms. The van der Waals surface area contributed by atoms with Crippen LogP contribution >= 0.6 is 0 Å². The van der Waals surface area contributed by atoms with Gasteiger partial charge in [-0.3, -0.25) is 4.79 Å². The number of anilines is 1. The first-order valence-corrected chi connectivity index (χ1v) is 8.88. The Bertz CT molecular complexity index is 922. The van der Waals surface area contributed by atoms with Gasteiger partial charge in [0, 0.05) is 42.8 Å². The second-order valence-electron chi connectivity index (χ2n) is 6.82. The summed E-state index contributed by atoms with van der Waals surface area (Å²) in [6.45, 7) is 5.02. The Kier molecular flexibility index (Phi) is 4.29. The highest BCUT2D eigenvalue weighted by Gasteiger charge is 2.22. The van der Waals surface area contributed by atoms with Crippen molar-refractivity contribution >= 4 is 22.6 Å². The normalized spacial score (nSPS) is 14.8. The number of fused-ring (bicyclic) bond motifs is 1. The highest BCUT2D eigenvalue weighted by atomic mass is 16.3. The number of hydrogen-bond acceptors (Lipinski definition) is 4. The van der Waals surface area contributed by atoms with E-state index in [1.165, 1.54) is 0 Å². The van der Waals surface area contributed by atoms with E-state index >= 15 is 0 Å². The van der Waals surface area contributed by atoms with E-state index in [4.69, 9.17) is 4.42 Å². The lowest BCUT2D eigenvalue weighted by atomic mass is 10.1. The van der Waals surface area contributed by atoms with Crippen molar-refractivity contribution in [2.45, 2.75) is 13.3 Å². The number of piperazine rings is 1. The maximum Gasteiger partial charge on any atom is 0.227 e. The molecule has 134 valence electrons. The van der Waals surface area contributed by atoms with Gasteiger partial charge < -0.3 is 19.3 Å². The van der Waals surface area contributed by atoms with Crippen molar-refractivity contribution in [3.63, 3.8) is 0 Å². The van der Waals surface area contributed by atoms with Crippen molar-refractivity contribution in [2.24, 2.45) is 0 Å². The van der Waals surface area contributed by atoms with E-state index in [0.29, 0.717) is 19.5 Å². The number of phenolic OH excluding ortho intramolecular Hbond substituents is 1. The van der Waals surface area contributed by atoms with E-state index in [9.17, 15) is 9.90 Å². The molecule has 3 aromatic rings. The molecular weight excluding hydrogens is 328 g/mol. The van der Waals surface area contributed by atoms with E-state index in [1.54, 1.807) is 18.4 Å². The second kappa shape index (κ2) is 6.75. The first-order chi connectivity index (χ1) is 12.6. The van der Waals surface area contributed by atoms with Crippen molar-refractivity contribution in [3.05, 3.63) is 59.9 Å². The van der Waals surface area contributed by atoms with Crippen LogP contribution in [-0.2, 0) is 11.2 Å². The molecule has 0 aliphatic carbocycles. The molecule has 0 bridgehead atoms. The number of hydrogen-bond donors (Lipinski definition) is 1. The van der Waals surface area contributed by atoms with Crippen LogP contribution in [0.3, 0.4) is 0 Å². The minimum Gasteiger partial charge on any atom is -0.508 e. The zero-order valence-electron chi connectivity index (χ0n) is 14.8. The van der Waals surface area contributed by atoms with Crippen LogP contribution in [0.5, 0.6) is 5.75 Å². The highest BCUT2D eigenvalue weighted by molar-refractivity contribution is 5.88. The summed E-state index contributed by atoms with van der Waals surface area (Å²) < 4.78 is 5.60. The molecule has 0 atom stereocenters. The average molecular weight is 350 g/mol. The third kappa shape index (κ3) is 3.25. The molecule has 1 saturated heterocycles. The molecule has 1 amide bonds. The molecule has 1 aliphatic rings. The smallest absolute Gasteiger partial charge is 0.227 e. The molecule has 0 radical (unpaired) electrons. The van der Waals surface area contributed by atoms with Crippen LogP contribution in [0.2, 0.25) is 0 Å². The highest BCUT2D eigenvalue weighted by Crippen LogP contribution is 2.24. The molecule has 4 rings (SSSR count). The standard InChI is InChI=1S/C21H22N2O3/c1-15-2-7-19-16(14-26-20(19)12-15)13-21(25)23-10-8-22(9-11-23)17-3-5-18(24)6-4-17/h2-7,12,14,24H,8-11,13H2,1H3. The third-order valence-electron chi connectivity index (χ3n) is 5.00. The van der Waals surface area contributed by atoms with Crippen LogP contribution in [0.1, 0.15) is 11.1 Å². The van der Waals surface area contributed by atoms with Crippen molar-refractivity contribution in [1.82, 2.24) is 4.90 Å². The molecule has 5 nitrogen and oxygen atoms in total. The lowest BCUT2D eigenvalue weighted by Crippen LogP contribution is -2.49. The van der Waals surface area contributed by atoms with Crippen LogP contribution in [0, 0.1) is 6.92 Å². The summed E-state index contributed by atoms with van der Waals surface area (Å²) in [6.07, 6.45) is 2.07. The number of phenols is 1. The predicted molar refractivity (Wildman–Crippen MR) is 102 cm³/mol. The number of amides is 1. The summed E-state index contributed by atoms with van der Waals surface area (Å²) in [5.74, 6) is 0.406. The van der Waals surface area contributed by atoms with Gasteiger partial charge in [0.25, 0.3) is 0 Å². The molecule has 5 heteroatoms. The third-order valence-corrected chi connectivity index (χ3v) is 5.00. The molecule has 1 N–H and O–H groups in total. The molecule has 2 heterocycles. The van der Waals surface area contributed by atoms with Crippen molar-refractivity contribution in [3.8, 4) is 5.75 Å². The van der Waals surface area contributed by atoms with Crippen LogP contribution in [0.4, 0.5) is 5.69 Å². The zero-order valence-corrected chi connectivity index (χ0v) is 14.8.